The molecule has 2 amide bonds. The number of amides is 2. The zero-order valence-corrected chi connectivity index (χ0v) is 13.0. The van der Waals surface area contributed by atoms with E-state index in [-0.39, 0.29) is 0 Å². The summed E-state index contributed by atoms with van der Waals surface area (Å²) in [5, 5.41) is 14.4. The minimum Gasteiger partial charge on any atom is -0.480 e. The Hall–Kier alpha value is -1.30. The summed E-state index contributed by atoms with van der Waals surface area (Å²) in [6, 6.07) is -0.444. The van der Waals surface area contributed by atoms with E-state index in [9.17, 15) is 14.7 Å². The maximum atomic E-state index is 11.7. The summed E-state index contributed by atoms with van der Waals surface area (Å²) in [5.41, 5.74) is -1.18. The Bertz CT molecular complexity index is 302. The van der Waals surface area contributed by atoms with Gasteiger partial charge in [0.1, 0.15) is 5.54 Å². The SMILES string of the molecule is CCC(CC)(NC(=O)NCCCOCC(C)C)C(=O)O. The van der Waals surface area contributed by atoms with Crippen LogP contribution in [0.1, 0.15) is 47.0 Å². The molecule has 0 saturated heterocycles. The van der Waals surface area contributed by atoms with Gasteiger partial charge in [-0.2, -0.15) is 0 Å². The molecule has 0 saturated carbocycles. The van der Waals surface area contributed by atoms with E-state index < -0.39 is 17.5 Å². The average Bonchev–Trinajstić information content (AvgIpc) is 2.39. The second kappa shape index (κ2) is 9.58. The van der Waals surface area contributed by atoms with Crippen molar-refractivity contribution in [2.75, 3.05) is 19.8 Å². The number of urea groups is 1. The van der Waals surface area contributed by atoms with Crippen molar-refractivity contribution in [2.45, 2.75) is 52.5 Å². The molecular weight excluding hydrogens is 260 g/mol. The number of carbonyl (C=O) groups is 2. The van der Waals surface area contributed by atoms with E-state index in [1.807, 2.05) is 0 Å². The van der Waals surface area contributed by atoms with Crippen LogP contribution in [0.25, 0.3) is 0 Å². The molecule has 0 radical (unpaired) electrons. The largest absolute Gasteiger partial charge is 0.480 e. The minimum absolute atomic E-state index is 0.351. The van der Waals surface area contributed by atoms with Crippen molar-refractivity contribution < 1.29 is 19.4 Å². The number of rotatable bonds is 10. The zero-order chi connectivity index (χ0) is 15.6. The maximum absolute atomic E-state index is 11.7. The molecule has 0 aromatic rings. The molecule has 6 nitrogen and oxygen atoms in total. The molecule has 0 rings (SSSR count). The predicted octanol–water partition coefficient (Wildman–Crippen LogP) is 1.99. The molecule has 0 aliphatic carbocycles. The van der Waals surface area contributed by atoms with Gasteiger partial charge < -0.3 is 20.5 Å². The molecule has 118 valence electrons. The maximum Gasteiger partial charge on any atom is 0.329 e. The highest BCUT2D eigenvalue weighted by molar-refractivity contribution is 5.86. The molecule has 0 aromatic heterocycles. The quantitative estimate of drug-likeness (QED) is 0.536. The van der Waals surface area contributed by atoms with Crippen LogP contribution >= 0.6 is 0 Å². The van der Waals surface area contributed by atoms with Gasteiger partial charge in [-0.05, 0) is 25.2 Å². The number of carbonyl (C=O) groups excluding carboxylic acids is 1. The third kappa shape index (κ3) is 6.75. The second-order valence-electron chi connectivity index (χ2n) is 5.30. The molecule has 6 heteroatoms. The van der Waals surface area contributed by atoms with Crippen LogP contribution < -0.4 is 10.6 Å². The zero-order valence-electron chi connectivity index (χ0n) is 13.0. The fourth-order valence-corrected chi connectivity index (χ4v) is 1.74. The van der Waals surface area contributed by atoms with Crippen LogP contribution in [0.15, 0.2) is 0 Å². The van der Waals surface area contributed by atoms with Crippen molar-refractivity contribution in [1.29, 1.82) is 0 Å². The van der Waals surface area contributed by atoms with Crippen LogP contribution in [0.4, 0.5) is 4.79 Å². The molecule has 0 unspecified atom stereocenters. The summed E-state index contributed by atoms with van der Waals surface area (Å²) in [5.74, 6) is -0.505. The highest BCUT2D eigenvalue weighted by Crippen LogP contribution is 2.15. The van der Waals surface area contributed by atoms with E-state index >= 15 is 0 Å². The van der Waals surface area contributed by atoms with E-state index in [1.54, 1.807) is 13.8 Å². The molecule has 20 heavy (non-hydrogen) atoms. The molecule has 0 aliphatic rings. The first-order valence-electron chi connectivity index (χ1n) is 7.25. The standard InChI is InChI=1S/C14H28N2O4/c1-5-14(6-2,12(17)18)16-13(19)15-8-7-9-20-10-11(3)4/h11H,5-10H2,1-4H3,(H,17,18)(H2,15,16,19). The first kappa shape index (κ1) is 18.7. The topological polar surface area (TPSA) is 87.7 Å². The number of carboxylic acids is 1. The van der Waals surface area contributed by atoms with Gasteiger partial charge in [-0.1, -0.05) is 27.7 Å². The minimum atomic E-state index is -1.18. The molecule has 0 aliphatic heterocycles. The van der Waals surface area contributed by atoms with Crippen molar-refractivity contribution in [3.8, 4) is 0 Å². The normalized spacial score (nSPS) is 11.4. The monoisotopic (exact) mass is 288 g/mol. The molecule has 3 N–H and O–H groups in total. The fourth-order valence-electron chi connectivity index (χ4n) is 1.74. The van der Waals surface area contributed by atoms with Gasteiger partial charge in [0.05, 0.1) is 0 Å². The van der Waals surface area contributed by atoms with Gasteiger partial charge in [-0.3, -0.25) is 0 Å². The molecular formula is C14H28N2O4. The molecule has 0 heterocycles. The van der Waals surface area contributed by atoms with Gasteiger partial charge in [0.25, 0.3) is 0 Å². The van der Waals surface area contributed by atoms with Gasteiger partial charge >= 0.3 is 12.0 Å². The van der Waals surface area contributed by atoms with E-state index in [1.165, 1.54) is 0 Å². The van der Waals surface area contributed by atoms with Gasteiger partial charge in [0, 0.05) is 19.8 Å². The van der Waals surface area contributed by atoms with Crippen molar-refractivity contribution >= 4 is 12.0 Å². The fraction of sp³-hybridized carbons (Fsp3) is 0.857. The number of hydrogen-bond donors (Lipinski definition) is 3. The Labute approximate surface area is 121 Å². The molecule has 0 aromatic carbocycles. The first-order chi connectivity index (χ1) is 9.38. The summed E-state index contributed by atoms with van der Waals surface area (Å²) in [6.07, 6.45) is 1.41. The van der Waals surface area contributed by atoms with Crippen molar-refractivity contribution in [3.63, 3.8) is 0 Å². The van der Waals surface area contributed by atoms with Crippen molar-refractivity contribution in [3.05, 3.63) is 0 Å². The highest BCUT2D eigenvalue weighted by atomic mass is 16.5. The van der Waals surface area contributed by atoms with Crippen LogP contribution in [0, 0.1) is 5.92 Å². The smallest absolute Gasteiger partial charge is 0.329 e. The summed E-state index contributed by atoms with van der Waals surface area (Å²) < 4.78 is 5.39. The van der Waals surface area contributed by atoms with Gasteiger partial charge in [-0.15, -0.1) is 0 Å². The van der Waals surface area contributed by atoms with Crippen LogP contribution in [-0.2, 0) is 9.53 Å². The highest BCUT2D eigenvalue weighted by Gasteiger charge is 2.36. The van der Waals surface area contributed by atoms with Crippen molar-refractivity contribution in [2.24, 2.45) is 5.92 Å². The Morgan fingerprint density at radius 3 is 2.30 bits per heavy atom. The first-order valence-corrected chi connectivity index (χ1v) is 7.25. The summed E-state index contributed by atoms with van der Waals surface area (Å²) in [7, 11) is 0. The summed E-state index contributed by atoms with van der Waals surface area (Å²) in [4.78, 5) is 22.9. The lowest BCUT2D eigenvalue weighted by Crippen LogP contribution is -2.56. The van der Waals surface area contributed by atoms with E-state index in [0.29, 0.717) is 44.9 Å². The number of ether oxygens (including phenoxy) is 1. The molecule has 0 fully saturated rings. The van der Waals surface area contributed by atoms with Gasteiger partial charge in [0.2, 0.25) is 0 Å². The summed E-state index contributed by atoms with van der Waals surface area (Å²) >= 11 is 0. The molecule has 0 bridgehead atoms. The lowest BCUT2D eigenvalue weighted by molar-refractivity contribution is -0.144. The number of hydrogen-bond acceptors (Lipinski definition) is 3. The third-order valence-electron chi connectivity index (χ3n) is 3.17. The molecule has 0 atom stereocenters. The van der Waals surface area contributed by atoms with Crippen LogP contribution in [0.3, 0.4) is 0 Å². The van der Waals surface area contributed by atoms with Crippen LogP contribution in [-0.4, -0.2) is 42.4 Å². The lowest BCUT2D eigenvalue weighted by Gasteiger charge is -2.28. The van der Waals surface area contributed by atoms with Crippen LogP contribution in [0.2, 0.25) is 0 Å². The number of carboxylic acid groups (broad SMARTS) is 1. The van der Waals surface area contributed by atoms with E-state index in [4.69, 9.17) is 4.74 Å². The predicted molar refractivity (Wildman–Crippen MR) is 77.8 cm³/mol. The lowest BCUT2D eigenvalue weighted by atomic mass is 9.93. The van der Waals surface area contributed by atoms with Gasteiger partial charge in [0.15, 0.2) is 0 Å². The Balaban J connectivity index is 3.95. The van der Waals surface area contributed by atoms with E-state index in [2.05, 4.69) is 24.5 Å². The summed E-state index contributed by atoms with van der Waals surface area (Å²) in [6.45, 7) is 9.41. The second-order valence-corrected chi connectivity index (χ2v) is 5.30. The Morgan fingerprint density at radius 2 is 1.85 bits per heavy atom. The van der Waals surface area contributed by atoms with Crippen LogP contribution in [0.5, 0.6) is 0 Å². The number of aliphatic carboxylic acids is 1. The Kier molecular flexibility index (Phi) is 8.96. The average molecular weight is 288 g/mol. The van der Waals surface area contributed by atoms with E-state index in [0.717, 1.165) is 0 Å². The third-order valence-corrected chi connectivity index (χ3v) is 3.17. The number of nitrogens with one attached hydrogen (secondary N) is 2. The van der Waals surface area contributed by atoms with Gasteiger partial charge in [-0.25, -0.2) is 9.59 Å². The Morgan fingerprint density at radius 1 is 1.25 bits per heavy atom. The molecule has 0 spiro atoms. The van der Waals surface area contributed by atoms with Crippen molar-refractivity contribution in [1.82, 2.24) is 10.6 Å².